The number of thioether (sulfide) groups is 1. The summed E-state index contributed by atoms with van der Waals surface area (Å²) in [6.45, 7) is 2.23. The molecule has 1 unspecified atom stereocenters. The molecule has 90 valence electrons. The average molecular weight is 239 g/mol. The van der Waals surface area contributed by atoms with Gasteiger partial charge in [0.05, 0.1) is 23.8 Å². The van der Waals surface area contributed by atoms with E-state index in [0.29, 0.717) is 6.04 Å². The first-order valence-electron chi connectivity index (χ1n) is 5.57. The van der Waals surface area contributed by atoms with Crippen LogP contribution in [-0.4, -0.2) is 37.1 Å². The highest BCUT2D eigenvalue weighted by Crippen LogP contribution is 2.20. The first-order valence-corrected chi connectivity index (χ1v) is 6.96. The summed E-state index contributed by atoms with van der Waals surface area (Å²) in [5.74, 6) is 1.15. The van der Waals surface area contributed by atoms with Crippen LogP contribution in [0.25, 0.3) is 0 Å². The number of nitrogens with one attached hydrogen (secondary N) is 1. The molecule has 0 bridgehead atoms. The van der Waals surface area contributed by atoms with E-state index in [2.05, 4.69) is 41.5 Å². The third-order valence-corrected chi connectivity index (χ3v) is 3.52. The van der Waals surface area contributed by atoms with Crippen LogP contribution in [0.4, 0.5) is 11.4 Å². The molecule has 1 heterocycles. The average Bonchev–Trinajstić information content (AvgIpc) is 2.35. The van der Waals surface area contributed by atoms with Gasteiger partial charge in [-0.2, -0.15) is 11.8 Å². The zero-order chi connectivity index (χ0) is 12.0. The van der Waals surface area contributed by atoms with E-state index < -0.39 is 0 Å². The summed E-state index contributed by atoms with van der Waals surface area (Å²) in [4.78, 5) is 6.55. The largest absolute Gasteiger partial charge is 0.387 e. The highest BCUT2D eigenvalue weighted by molar-refractivity contribution is 7.98. The predicted octanol–water partition coefficient (Wildman–Crippen LogP) is 2.70. The van der Waals surface area contributed by atoms with Gasteiger partial charge in [0.15, 0.2) is 0 Å². The topological polar surface area (TPSA) is 28.2 Å². The van der Waals surface area contributed by atoms with Crippen molar-refractivity contribution in [3.63, 3.8) is 0 Å². The lowest BCUT2D eigenvalue weighted by Gasteiger charge is -2.28. The van der Waals surface area contributed by atoms with Crippen LogP contribution in [-0.2, 0) is 0 Å². The van der Waals surface area contributed by atoms with Gasteiger partial charge in [-0.05, 0) is 18.7 Å². The maximum absolute atomic E-state index is 4.24. The van der Waals surface area contributed by atoms with E-state index in [9.17, 15) is 0 Å². The number of rotatable bonds is 6. The lowest BCUT2D eigenvalue weighted by Crippen LogP contribution is -2.33. The van der Waals surface area contributed by atoms with Crippen LogP contribution in [0.3, 0.4) is 0 Å². The molecular weight excluding hydrogens is 218 g/mol. The lowest BCUT2D eigenvalue weighted by atomic mass is 10.2. The summed E-state index contributed by atoms with van der Waals surface area (Å²) >= 11 is 1.89. The van der Waals surface area contributed by atoms with Crippen LogP contribution >= 0.6 is 11.8 Å². The molecule has 1 aromatic rings. The number of hydrogen-bond donors (Lipinski definition) is 1. The molecule has 0 aromatic carbocycles. The van der Waals surface area contributed by atoms with Gasteiger partial charge in [0.2, 0.25) is 0 Å². The monoisotopic (exact) mass is 239 g/mol. The molecule has 3 nitrogen and oxygen atoms in total. The summed E-state index contributed by atoms with van der Waals surface area (Å²) < 4.78 is 0. The van der Waals surface area contributed by atoms with Crippen molar-refractivity contribution in [1.29, 1.82) is 0 Å². The molecule has 1 N–H and O–H groups in total. The van der Waals surface area contributed by atoms with E-state index >= 15 is 0 Å². The molecule has 16 heavy (non-hydrogen) atoms. The Balaban J connectivity index is 2.80. The molecule has 1 aromatic heterocycles. The second kappa shape index (κ2) is 6.63. The smallest absolute Gasteiger partial charge is 0.0573 e. The van der Waals surface area contributed by atoms with Crippen molar-refractivity contribution in [2.45, 2.75) is 19.4 Å². The van der Waals surface area contributed by atoms with Gasteiger partial charge in [0, 0.05) is 25.9 Å². The molecule has 0 saturated carbocycles. The van der Waals surface area contributed by atoms with Crippen LogP contribution in [0.15, 0.2) is 18.5 Å². The van der Waals surface area contributed by atoms with Crippen LogP contribution in [0, 0.1) is 0 Å². The fourth-order valence-corrected chi connectivity index (χ4v) is 2.51. The Hall–Kier alpha value is -0.900. The quantitative estimate of drug-likeness (QED) is 0.826. The van der Waals surface area contributed by atoms with E-state index in [0.717, 1.165) is 17.9 Å². The Morgan fingerprint density at radius 2 is 2.25 bits per heavy atom. The molecule has 1 rings (SSSR count). The van der Waals surface area contributed by atoms with Gasteiger partial charge in [0.25, 0.3) is 0 Å². The van der Waals surface area contributed by atoms with Gasteiger partial charge >= 0.3 is 0 Å². The van der Waals surface area contributed by atoms with E-state index in [1.165, 1.54) is 5.69 Å². The van der Waals surface area contributed by atoms with Crippen LogP contribution < -0.4 is 10.2 Å². The fourth-order valence-electron chi connectivity index (χ4n) is 1.66. The minimum atomic E-state index is 0.573. The minimum absolute atomic E-state index is 0.573. The van der Waals surface area contributed by atoms with Crippen LogP contribution in [0.5, 0.6) is 0 Å². The molecule has 0 radical (unpaired) electrons. The fraction of sp³-hybridized carbons (Fsp3) is 0.583. The standard InChI is InChI=1S/C12H21N3S/c1-5-11(9-16-4)15(3)12-6-10(13-2)7-14-8-12/h6-8,11,13H,5,9H2,1-4H3. The van der Waals surface area contributed by atoms with Crippen molar-refractivity contribution in [3.05, 3.63) is 18.5 Å². The molecule has 0 aliphatic carbocycles. The third kappa shape index (κ3) is 3.30. The Morgan fingerprint density at radius 3 is 2.81 bits per heavy atom. The van der Waals surface area contributed by atoms with E-state index in [1.54, 1.807) is 0 Å². The summed E-state index contributed by atoms with van der Waals surface area (Å²) in [6.07, 6.45) is 7.07. The number of nitrogens with zero attached hydrogens (tertiary/aromatic N) is 2. The molecule has 1 atom stereocenters. The maximum atomic E-state index is 4.24. The number of hydrogen-bond acceptors (Lipinski definition) is 4. The van der Waals surface area contributed by atoms with E-state index in [1.807, 2.05) is 31.2 Å². The first-order chi connectivity index (χ1) is 7.72. The van der Waals surface area contributed by atoms with Gasteiger partial charge in [-0.15, -0.1) is 0 Å². The predicted molar refractivity (Wildman–Crippen MR) is 74.6 cm³/mol. The van der Waals surface area contributed by atoms with Crippen molar-refractivity contribution >= 4 is 23.1 Å². The first kappa shape index (κ1) is 13.2. The zero-order valence-corrected chi connectivity index (χ0v) is 11.3. The molecule has 0 saturated heterocycles. The second-order valence-corrected chi connectivity index (χ2v) is 4.72. The molecule has 0 amide bonds. The molecular formula is C12H21N3S. The summed E-state index contributed by atoms with van der Waals surface area (Å²) in [5, 5.41) is 3.12. The van der Waals surface area contributed by atoms with Crippen molar-refractivity contribution in [1.82, 2.24) is 4.98 Å². The van der Waals surface area contributed by atoms with Crippen LogP contribution in [0.2, 0.25) is 0 Å². The third-order valence-electron chi connectivity index (χ3n) is 2.80. The second-order valence-electron chi connectivity index (χ2n) is 3.81. The van der Waals surface area contributed by atoms with Crippen LogP contribution in [0.1, 0.15) is 13.3 Å². The number of anilines is 2. The molecule has 0 fully saturated rings. The summed E-state index contributed by atoms with van der Waals surface area (Å²) in [6, 6.07) is 2.71. The Bertz CT molecular complexity index is 317. The van der Waals surface area contributed by atoms with E-state index in [4.69, 9.17) is 0 Å². The van der Waals surface area contributed by atoms with Gasteiger partial charge < -0.3 is 10.2 Å². The number of pyridine rings is 1. The Morgan fingerprint density at radius 1 is 1.50 bits per heavy atom. The molecule has 0 spiro atoms. The summed E-state index contributed by atoms with van der Waals surface area (Å²) in [7, 11) is 4.06. The van der Waals surface area contributed by atoms with Crippen molar-refractivity contribution in [2.75, 3.05) is 36.3 Å². The molecule has 0 aliphatic heterocycles. The van der Waals surface area contributed by atoms with Gasteiger partial charge in [0.1, 0.15) is 0 Å². The SMILES string of the molecule is CCC(CSC)N(C)c1cncc(NC)c1. The maximum Gasteiger partial charge on any atom is 0.0573 e. The highest BCUT2D eigenvalue weighted by Gasteiger charge is 2.13. The Kier molecular flexibility index (Phi) is 5.46. The van der Waals surface area contributed by atoms with Crippen molar-refractivity contribution in [2.24, 2.45) is 0 Å². The highest BCUT2D eigenvalue weighted by atomic mass is 32.2. The van der Waals surface area contributed by atoms with Crippen molar-refractivity contribution in [3.8, 4) is 0 Å². The van der Waals surface area contributed by atoms with Gasteiger partial charge in [-0.3, -0.25) is 4.98 Å². The lowest BCUT2D eigenvalue weighted by molar-refractivity contribution is 0.672. The number of aromatic nitrogens is 1. The summed E-state index contributed by atoms with van der Waals surface area (Å²) in [5.41, 5.74) is 2.23. The molecule has 0 aliphatic rings. The van der Waals surface area contributed by atoms with Gasteiger partial charge in [-0.1, -0.05) is 6.92 Å². The zero-order valence-electron chi connectivity index (χ0n) is 10.5. The minimum Gasteiger partial charge on any atom is -0.387 e. The Labute approximate surface area is 103 Å². The van der Waals surface area contributed by atoms with E-state index in [-0.39, 0.29) is 0 Å². The normalized spacial score (nSPS) is 12.2. The molecule has 4 heteroatoms. The van der Waals surface area contributed by atoms with Gasteiger partial charge in [-0.25, -0.2) is 0 Å². The van der Waals surface area contributed by atoms with Crippen molar-refractivity contribution < 1.29 is 0 Å².